The Labute approximate surface area is 118 Å². The molecule has 1 aromatic rings. The van der Waals surface area contributed by atoms with Gasteiger partial charge in [-0.2, -0.15) is 11.8 Å². The molecule has 104 valence electrons. The van der Waals surface area contributed by atoms with E-state index < -0.39 is 6.04 Å². The number of nitrogens with one attached hydrogen (secondary N) is 2. The van der Waals surface area contributed by atoms with Crippen molar-refractivity contribution in [3.05, 3.63) is 35.9 Å². The van der Waals surface area contributed by atoms with Crippen LogP contribution in [0.15, 0.2) is 30.3 Å². The minimum atomic E-state index is -0.450. The van der Waals surface area contributed by atoms with E-state index in [9.17, 15) is 9.59 Å². The monoisotopic (exact) mass is 280 g/mol. The third-order valence-electron chi connectivity index (χ3n) is 2.61. The minimum absolute atomic E-state index is 0.131. The molecule has 0 radical (unpaired) electrons. The zero-order chi connectivity index (χ0) is 14.1. The number of rotatable bonds is 7. The van der Waals surface area contributed by atoms with Crippen molar-refractivity contribution in [2.45, 2.75) is 25.9 Å². The predicted molar refractivity (Wildman–Crippen MR) is 78.9 cm³/mol. The van der Waals surface area contributed by atoms with Crippen LogP contribution in [-0.4, -0.2) is 29.9 Å². The van der Waals surface area contributed by atoms with Crippen molar-refractivity contribution in [1.82, 2.24) is 10.6 Å². The highest BCUT2D eigenvalue weighted by Crippen LogP contribution is 2.02. The van der Waals surface area contributed by atoms with Gasteiger partial charge in [-0.3, -0.25) is 9.59 Å². The number of amides is 2. The Morgan fingerprint density at radius 2 is 1.95 bits per heavy atom. The average molecular weight is 280 g/mol. The summed E-state index contributed by atoms with van der Waals surface area (Å²) < 4.78 is 0. The molecule has 0 spiro atoms. The van der Waals surface area contributed by atoms with Crippen molar-refractivity contribution >= 4 is 23.6 Å². The smallest absolute Gasteiger partial charge is 0.242 e. The van der Waals surface area contributed by atoms with Gasteiger partial charge in [0.25, 0.3) is 0 Å². The van der Waals surface area contributed by atoms with Crippen LogP contribution in [0.2, 0.25) is 0 Å². The van der Waals surface area contributed by atoms with Gasteiger partial charge >= 0.3 is 0 Å². The maximum Gasteiger partial charge on any atom is 0.242 e. The maximum atomic E-state index is 12.0. The van der Waals surface area contributed by atoms with E-state index in [1.807, 2.05) is 36.6 Å². The molecule has 0 heterocycles. The summed E-state index contributed by atoms with van der Waals surface area (Å²) in [7, 11) is 0. The molecule has 0 saturated carbocycles. The van der Waals surface area contributed by atoms with Crippen molar-refractivity contribution in [2.75, 3.05) is 12.0 Å². The van der Waals surface area contributed by atoms with E-state index in [0.717, 1.165) is 11.3 Å². The molecular weight excluding hydrogens is 260 g/mol. The Morgan fingerprint density at radius 1 is 1.26 bits per heavy atom. The fourth-order valence-corrected chi connectivity index (χ4v) is 2.13. The number of hydrogen-bond acceptors (Lipinski definition) is 3. The highest BCUT2D eigenvalue weighted by Gasteiger charge is 2.18. The number of carbonyl (C=O) groups excluding carboxylic acids is 2. The number of carbonyl (C=O) groups is 2. The number of thioether (sulfide) groups is 1. The zero-order valence-corrected chi connectivity index (χ0v) is 12.1. The van der Waals surface area contributed by atoms with Gasteiger partial charge in [-0.25, -0.2) is 0 Å². The predicted octanol–water partition coefficient (Wildman–Crippen LogP) is 1.56. The molecule has 2 amide bonds. The highest BCUT2D eigenvalue weighted by atomic mass is 32.2. The summed E-state index contributed by atoms with van der Waals surface area (Å²) in [6.45, 7) is 1.91. The lowest BCUT2D eigenvalue weighted by molar-refractivity contribution is -0.128. The second kappa shape index (κ2) is 8.58. The van der Waals surface area contributed by atoms with Crippen molar-refractivity contribution in [3.8, 4) is 0 Å². The molecule has 1 aromatic carbocycles. The normalized spacial score (nSPS) is 11.7. The molecule has 5 heteroatoms. The van der Waals surface area contributed by atoms with Gasteiger partial charge in [0.1, 0.15) is 6.04 Å². The largest absolute Gasteiger partial charge is 0.350 e. The van der Waals surface area contributed by atoms with E-state index in [0.29, 0.717) is 13.0 Å². The van der Waals surface area contributed by atoms with Crippen molar-refractivity contribution in [3.63, 3.8) is 0 Å². The van der Waals surface area contributed by atoms with Gasteiger partial charge in [-0.05, 0) is 24.0 Å². The molecule has 1 atom stereocenters. The Balaban J connectivity index is 2.48. The van der Waals surface area contributed by atoms with Crippen LogP contribution < -0.4 is 10.6 Å². The lowest BCUT2D eigenvalue weighted by Gasteiger charge is -2.17. The molecule has 0 saturated heterocycles. The molecule has 0 aliphatic rings. The molecule has 1 rings (SSSR count). The summed E-state index contributed by atoms with van der Waals surface area (Å²) in [5.74, 6) is 0.526. The third kappa shape index (κ3) is 6.29. The highest BCUT2D eigenvalue weighted by molar-refractivity contribution is 7.98. The third-order valence-corrected chi connectivity index (χ3v) is 3.26. The molecule has 0 aliphatic heterocycles. The second-order valence-electron chi connectivity index (χ2n) is 4.24. The Bertz CT molecular complexity index is 409. The maximum absolute atomic E-state index is 12.0. The van der Waals surface area contributed by atoms with Crippen molar-refractivity contribution in [2.24, 2.45) is 0 Å². The summed E-state index contributed by atoms with van der Waals surface area (Å²) in [6.07, 6.45) is 2.62. The molecule has 4 nitrogen and oxygen atoms in total. The fraction of sp³-hybridized carbons (Fsp3) is 0.429. The van der Waals surface area contributed by atoms with Crippen LogP contribution in [0.3, 0.4) is 0 Å². The summed E-state index contributed by atoms with van der Waals surface area (Å²) in [5, 5.41) is 5.54. The van der Waals surface area contributed by atoms with E-state index >= 15 is 0 Å². The van der Waals surface area contributed by atoms with Gasteiger partial charge in [0, 0.05) is 13.5 Å². The van der Waals surface area contributed by atoms with Crippen LogP contribution >= 0.6 is 11.8 Å². The summed E-state index contributed by atoms with van der Waals surface area (Å²) in [5.41, 5.74) is 1.04. The Hall–Kier alpha value is -1.49. The van der Waals surface area contributed by atoms with Gasteiger partial charge in [0.05, 0.1) is 0 Å². The van der Waals surface area contributed by atoms with Crippen molar-refractivity contribution in [1.29, 1.82) is 0 Å². The van der Waals surface area contributed by atoms with Gasteiger partial charge in [-0.15, -0.1) is 0 Å². The van der Waals surface area contributed by atoms with Crippen LogP contribution in [0.25, 0.3) is 0 Å². The first-order chi connectivity index (χ1) is 9.13. The molecule has 19 heavy (non-hydrogen) atoms. The summed E-state index contributed by atoms with van der Waals surface area (Å²) in [6, 6.07) is 9.25. The first kappa shape index (κ1) is 15.6. The van der Waals surface area contributed by atoms with E-state index in [1.165, 1.54) is 6.92 Å². The molecule has 0 aliphatic carbocycles. The lowest BCUT2D eigenvalue weighted by Crippen LogP contribution is -2.46. The molecule has 0 unspecified atom stereocenters. The molecule has 0 bridgehead atoms. The molecule has 2 N–H and O–H groups in total. The van der Waals surface area contributed by atoms with E-state index in [4.69, 9.17) is 0 Å². The standard InChI is InChI=1S/C14H20N2O2S/c1-11(17)16-13(8-9-19-2)14(18)15-10-12-6-4-3-5-7-12/h3-7,13H,8-10H2,1-2H3,(H,15,18)(H,16,17)/t13-/m0/s1. The van der Waals surface area contributed by atoms with Crippen LogP contribution in [0.1, 0.15) is 18.9 Å². The SMILES string of the molecule is CSCC[C@H](NC(C)=O)C(=O)NCc1ccccc1. The lowest BCUT2D eigenvalue weighted by atomic mass is 10.2. The Morgan fingerprint density at radius 3 is 2.53 bits per heavy atom. The van der Waals surface area contributed by atoms with E-state index in [2.05, 4.69) is 10.6 Å². The van der Waals surface area contributed by atoms with E-state index in [1.54, 1.807) is 11.8 Å². The minimum Gasteiger partial charge on any atom is -0.350 e. The molecular formula is C14H20N2O2S. The van der Waals surface area contributed by atoms with Crippen LogP contribution in [-0.2, 0) is 16.1 Å². The first-order valence-electron chi connectivity index (χ1n) is 6.21. The topological polar surface area (TPSA) is 58.2 Å². The second-order valence-corrected chi connectivity index (χ2v) is 5.22. The number of benzene rings is 1. The average Bonchev–Trinajstić information content (AvgIpc) is 2.41. The van der Waals surface area contributed by atoms with Gasteiger partial charge in [-0.1, -0.05) is 30.3 Å². The summed E-state index contributed by atoms with van der Waals surface area (Å²) >= 11 is 1.66. The van der Waals surface area contributed by atoms with Crippen LogP contribution in [0, 0.1) is 0 Å². The number of hydrogen-bond donors (Lipinski definition) is 2. The van der Waals surface area contributed by atoms with Crippen LogP contribution in [0.4, 0.5) is 0 Å². The quantitative estimate of drug-likeness (QED) is 0.797. The zero-order valence-electron chi connectivity index (χ0n) is 11.3. The first-order valence-corrected chi connectivity index (χ1v) is 7.60. The van der Waals surface area contributed by atoms with E-state index in [-0.39, 0.29) is 11.8 Å². The van der Waals surface area contributed by atoms with Gasteiger partial charge < -0.3 is 10.6 Å². The Kier molecular flexibility index (Phi) is 7.03. The van der Waals surface area contributed by atoms with Crippen molar-refractivity contribution < 1.29 is 9.59 Å². The van der Waals surface area contributed by atoms with Gasteiger partial charge in [0.15, 0.2) is 0 Å². The van der Waals surface area contributed by atoms with Gasteiger partial charge in [0.2, 0.25) is 11.8 Å². The molecule has 0 aromatic heterocycles. The fourth-order valence-electron chi connectivity index (χ4n) is 1.66. The van der Waals surface area contributed by atoms with Crippen LogP contribution in [0.5, 0.6) is 0 Å². The summed E-state index contributed by atoms with van der Waals surface area (Å²) in [4.78, 5) is 23.1. The molecule has 0 fully saturated rings.